The van der Waals surface area contributed by atoms with Crippen LogP contribution in [0.5, 0.6) is 0 Å². The average molecular weight is 302 g/mol. The predicted octanol–water partition coefficient (Wildman–Crippen LogP) is 1.06. The summed E-state index contributed by atoms with van der Waals surface area (Å²) in [4.78, 5) is 22.9. The number of alkyl carbamates (subject to hydrolysis) is 1. The highest BCUT2D eigenvalue weighted by Gasteiger charge is 2.52. The number of aliphatic hydroxyl groups is 1. The normalized spacial score (nSPS) is 19.8. The molecule has 1 amide bonds. The molecule has 0 bridgehead atoms. The molecule has 1 aliphatic rings. The van der Waals surface area contributed by atoms with Crippen molar-refractivity contribution in [3.05, 3.63) is 0 Å². The van der Waals surface area contributed by atoms with E-state index in [0.29, 0.717) is 12.8 Å². The Bertz CT molecular complexity index is 399. The van der Waals surface area contributed by atoms with Crippen molar-refractivity contribution < 1.29 is 24.5 Å². The molecule has 4 N–H and O–H groups in total. The van der Waals surface area contributed by atoms with Gasteiger partial charge in [0.05, 0.1) is 6.04 Å². The predicted molar refractivity (Wildman–Crippen MR) is 76.7 cm³/mol. The van der Waals surface area contributed by atoms with Crippen LogP contribution in [0.3, 0.4) is 0 Å². The molecule has 1 fully saturated rings. The Labute approximate surface area is 125 Å². The number of rotatable bonds is 6. The van der Waals surface area contributed by atoms with Crippen LogP contribution in [0.15, 0.2) is 0 Å². The van der Waals surface area contributed by atoms with Crippen LogP contribution in [0.1, 0.15) is 47.5 Å². The monoisotopic (exact) mass is 302 g/mol. The molecule has 1 saturated carbocycles. The molecule has 7 heteroatoms. The number of amides is 1. The molecule has 0 saturated heterocycles. The van der Waals surface area contributed by atoms with Gasteiger partial charge < -0.3 is 20.3 Å². The van der Waals surface area contributed by atoms with Crippen LogP contribution in [-0.2, 0) is 9.53 Å². The highest BCUT2D eigenvalue weighted by Crippen LogP contribution is 2.36. The zero-order valence-electron chi connectivity index (χ0n) is 13.3. The van der Waals surface area contributed by atoms with Gasteiger partial charge in [-0.1, -0.05) is 13.8 Å². The van der Waals surface area contributed by atoms with E-state index in [9.17, 15) is 14.7 Å². The first-order chi connectivity index (χ1) is 9.47. The molecule has 0 aromatic rings. The summed E-state index contributed by atoms with van der Waals surface area (Å²) in [6.07, 6.45) is -0.855. The van der Waals surface area contributed by atoms with Crippen molar-refractivity contribution in [1.29, 1.82) is 0 Å². The summed E-state index contributed by atoms with van der Waals surface area (Å²) in [6.45, 7) is 8.89. The van der Waals surface area contributed by atoms with Crippen LogP contribution in [0.4, 0.5) is 4.79 Å². The van der Waals surface area contributed by atoms with E-state index in [4.69, 9.17) is 9.84 Å². The van der Waals surface area contributed by atoms with E-state index in [1.54, 1.807) is 20.8 Å². The molecule has 0 spiro atoms. The Kier molecular flexibility index (Phi) is 5.22. The summed E-state index contributed by atoms with van der Waals surface area (Å²) in [5.74, 6) is -1.08. The number of ether oxygens (including phenoxy) is 1. The second-order valence-corrected chi connectivity index (χ2v) is 6.89. The zero-order chi connectivity index (χ0) is 16.4. The molecule has 21 heavy (non-hydrogen) atoms. The molecule has 7 nitrogen and oxygen atoms in total. The molecule has 2 atom stereocenters. The van der Waals surface area contributed by atoms with E-state index in [2.05, 4.69) is 10.6 Å². The average Bonchev–Trinajstić information content (AvgIpc) is 3.03. The fraction of sp³-hybridized carbons (Fsp3) is 0.857. The minimum absolute atomic E-state index is 0.0930. The molecule has 1 unspecified atom stereocenters. The lowest BCUT2D eigenvalue weighted by Gasteiger charge is -2.31. The number of carbonyl (C=O) groups excluding carboxylic acids is 1. The van der Waals surface area contributed by atoms with E-state index < -0.39 is 35.5 Å². The van der Waals surface area contributed by atoms with Crippen LogP contribution in [-0.4, -0.2) is 45.7 Å². The molecule has 0 aromatic carbocycles. The fourth-order valence-corrected chi connectivity index (χ4v) is 1.97. The second kappa shape index (κ2) is 6.19. The number of carbonyl (C=O) groups is 2. The standard InChI is InChI=1S/C14H26N2O5/c1-8(2)9(15-12(20)21-13(3,4)5)10(17)16-14(6-7-14)11(18)19/h8-10,16-17H,6-7H2,1-5H3,(H,15,20)(H,18,19)/t9-,10?/m0/s1. The first kappa shape index (κ1) is 17.7. The first-order valence-corrected chi connectivity index (χ1v) is 7.15. The minimum Gasteiger partial charge on any atom is -0.480 e. The van der Waals surface area contributed by atoms with E-state index in [1.165, 1.54) is 0 Å². The molecule has 1 rings (SSSR count). The SMILES string of the molecule is CC(C)[C@H](NC(=O)OC(C)(C)C)C(O)NC1(C(=O)O)CC1. The Morgan fingerprint density at radius 1 is 1.24 bits per heavy atom. The number of aliphatic carboxylic acids is 1. The first-order valence-electron chi connectivity index (χ1n) is 7.15. The van der Waals surface area contributed by atoms with E-state index in [-0.39, 0.29) is 5.92 Å². The van der Waals surface area contributed by atoms with Crippen LogP contribution >= 0.6 is 0 Å². The molecule has 1 aliphatic carbocycles. The van der Waals surface area contributed by atoms with Crippen molar-refractivity contribution in [3.8, 4) is 0 Å². The third-order valence-electron chi connectivity index (χ3n) is 3.33. The topological polar surface area (TPSA) is 108 Å². The van der Waals surface area contributed by atoms with Crippen molar-refractivity contribution in [2.75, 3.05) is 0 Å². The van der Waals surface area contributed by atoms with Gasteiger partial charge >= 0.3 is 12.1 Å². The molecule has 0 heterocycles. The summed E-state index contributed by atoms with van der Waals surface area (Å²) in [5, 5.41) is 24.6. The summed E-state index contributed by atoms with van der Waals surface area (Å²) in [5.41, 5.74) is -1.70. The Hall–Kier alpha value is -1.34. The number of hydrogen-bond donors (Lipinski definition) is 4. The molecule has 0 radical (unpaired) electrons. The van der Waals surface area contributed by atoms with Crippen LogP contribution in [0.25, 0.3) is 0 Å². The van der Waals surface area contributed by atoms with Crippen molar-refractivity contribution >= 4 is 12.1 Å². The zero-order valence-corrected chi connectivity index (χ0v) is 13.3. The van der Waals surface area contributed by atoms with E-state index in [0.717, 1.165) is 0 Å². The van der Waals surface area contributed by atoms with Crippen molar-refractivity contribution in [1.82, 2.24) is 10.6 Å². The van der Waals surface area contributed by atoms with Gasteiger partial charge in [-0.05, 0) is 39.5 Å². The van der Waals surface area contributed by atoms with Crippen LogP contribution in [0.2, 0.25) is 0 Å². The lowest BCUT2D eigenvalue weighted by Crippen LogP contribution is -2.58. The molecule has 0 aromatic heterocycles. The highest BCUT2D eigenvalue weighted by molar-refractivity contribution is 5.82. The molecule has 0 aliphatic heterocycles. The van der Waals surface area contributed by atoms with Gasteiger partial charge in [-0.2, -0.15) is 0 Å². The Morgan fingerprint density at radius 2 is 1.76 bits per heavy atom. The van der Waals surface area contributed by atoms with Crippen molar-refractivity contribution in [3.63, 3.8) is 0 Å². The van der Waals surface area contributed by atoms with Gasteiger partial charge in [0, 0.05) is 0 Å². The number of aliphatic hydroxyl groups excluding tert-OH is 1. The maximum absolute atomic E-state index is 11.8. The highest BCUT2D eigenvalue weighted by atomic mass is 16.6. The fourth-order valence-electron chi connectivity index (χ4n) is 1.97. The number of carboxylic acid groups (broad SMARTS) is 1. The number of hydrogen-bond acceptors (Lipinski definition) is 5. The van der Waals surface area contributed by atoms with E-state index in [1.807, 2.05) is 13.8 Å². The quantitative estimate of drug-likeness (QED) is 0.546. The van der Waals surface area contributed by atoms with E-state index >= 15 is 0 Å². The van der Waals surface area contributed by atoms with Gasteiger partial charge in [0.15, 0.2) is 0 Å². The van der Waals surface area contributed by atoms with Crippen LogP contribution < -0.4 is 10.6 Å². The van der Waals surface area contributed by atoms with Gasteiger partial charge in [0.25, 0.3) is 0 Å². The van der Waals surface area contributed by atoms with Gasteiger partial charge in [-0.15, -0.1) is 0 Å². The summed E-state index contributed by atoms with van der Waals surface area (Å²) >= 11 is 0. The largest absolute Gasteiger partial charge is 0.480 e. The summed E-state index contributed by atoms with van der Waals surface area (Å²) in [6, 6.07) is -0.642. The third kappa shape index (κ3) is 5.17. The Balaban J connectivity index is 2.65. The molecule has 122 valence electrons. The Morgan fingerprint density at radius 3 is 2.10 bits per heavy atom. The van der Waals surface area contributed by atoms with Gasteiger partial charge in [0.1, 0.15) is 17.4 Å². The number of carboxylic acids is 1. The van der Waals surface area contributed by atoms with Gasteiger partial charge in [0.2, 0.25) is 0 Å². The lowest BCUT2D eigenvalue weighted by molar-refractivity contribution is -0.142. The maximum Gasteiger partial charge on any atom is 0.408 e. The molecular formula is C14H26N2O5. The van der Waals surface area contributed by atoms with Crippen molar-refractivity contribution in [2.45, 2.75) is 70.9 Å². The maximum atomic E-state index is 11.8. The summed E-state index contributed by atoms with van der Waals surface area (Å²) < 4.78 is 5.16. The lowest BCUT2D eigenvalue weighted by atomic mass is 10.0. The minimum atomic E-state index is -1.16. The smallest absolute Gasteiger partial charge is 0.408 e. The molecular weight excluding hydrogens is 276 g/mol. The van der Waals surface area contributed by atoms with Crippen LogP contribution in [0, 0.1) is 5.92 Å². The second-order valence-electron chi connectivity index (χ2n) is 6.89. The third-order valence-corrected chi connectivity index (χ3v) is 3.33. The number of nitrogens with one attached hydrogen (secondary N) is 2. The van der Waals surface area contributed by atoms with Gasteiger partial charge in [-0.25, -0.2) is 4.79 Å². The van der Waals surface area contributed by atoms with Gasteiger partial charge in [-0.3, -0.25) is 10.1 Å². The van der Waals surface area contributed by atoms with Crippen molar-refractivity contribution in [2.24, 2.45) is 5.92 Å². The summed E-state index contributed by atoms with van der Waals surface area (Å²) in [7, 11) is 0.